The van der Waals surface area contributed by atoms with Crippen molar-refractivity contribution in [3.05, 3.63) is 34.1 Å². The zero-order valence-electron chi connectivity index (χ0n) is 11.1. The number of amides is 3. The van der Waals surface area contributed by atoms with Crippen molar-refractivity contribution in [3.8, 4) is 0 Å². The summed E-state index contributed by atoms with van der Waals surface area (Å²) in [5.74, 6) is -0.896. The predicted molar refractivity (Wildman–Crippen MR) is 73.5 cm³/mol. The minimum atomic E-state index is -1.10. The van der Waals surface area contributed by atoms with Crippen molar-refractivity contribution in [2.24, 2.45) is 0 Å². The van der Waals surface area contributed by atoms with Crippen molar-refractivity contribution in [2.45, 2.75) is 19.0 Å². The standard InChI is InChI=1S/C13H14BrFN2O3/c1-13(7-20-2)11(18)17(12(19)16-13)6-8-3-4-9(14)5-10(8)15/h3-5H,6-7H2,1-2H3,(H,16,19)/t13-/m1/s1. The average Bonchev–Trinajstić information content (AvgIpc) is 2.56. The zero-order chi connectivity index (χ0) is 14.9. The van der Waals surface area contributed by atoms with Gasteiger partial charge in [0.2, 0.25) is 0 Å². The van der Waals surface area contributed by atoms with Gasteiger partial charge in [0.25, 0.3) is 5.91 Å². The molecule has 7 heteroatoms. The normalized spacial score (nSPS) is 22.3. The van der Waals surface area contributed by atoms with E-state index in [1.165, 1.54) is 19.2 Å². The number of nitrogens with one attached hydrogen (secondary N) is 1. The van der Waals surface area contributed by atoms with Gasteiger partial charge in [0, 0.05) is 17.1 Å². The van der Waals surface area contributed by atoms with Gasteiger partial charge in [-0.2, -0.15) is 0 Å². The highest BCUT2D eigenvalue weighted by atomic mass is 79.9. The van der Waals surface area contributed by atoms with E-state index in [0.717, 1.165) is 4.90 Å². The second-order valence-corrected chi connectivity index (χ2v) is 5.74. The lowest BCUT2D eigenvalue weighted by atomic mass is 10.0. The fourth-order valence-electron chi connectivity index (χ4n) is 2.10. The molecule has 1 saturated heterocycles. The maximum Gasteiger partial charge on any atom is 0.325 e. The van der Waals surface area contributed by atoms with E-state index in [1.807, 2.05) is 0 Å². The molecule has 1 aliphatic heterocycles. The second-order valence-electron chi connectivity index (χ2n) is 4.82. The molecule has 108 valence electrons. The van der Waals surface area contributed by atoms with Crippen molar-refractivity contribution in [2.75, 3.05) is 13.7 Å². The molecule has 0 spiro atoms. The van der Waals surface area contributed by atoms with Gasteiger partial charge in [0.05, 0.1) is 13.2 Å². The molecular formula is C13H14BrFN2O3. The molecule has 0 bridgehead atoms. The van der Waals surface area contributed by atoms with Gasteiger partial charge in [0.1, 0.15) is 11.4 Å². The SMILES string of the molecule is COC[C@@]1(C)NC(=O)N(Cc2ccc(Br)cc2F)C1=O. The third kappa shape index (κ3) is 2.69. The van der Waals surface area contributed by atoms with Crippen LogP contribution in [0.1, 0.15) is 12.5 Å². The molecule has 0 aromatic heterocycles. The van der Waals surface area contributed by atoms with Crippen LogP contribution < -0.4 is 5.32 Å². The highest BCUT2D eigenvalue weighted by Gasteiger charge is 2.47. The summed E-state index contributed by atoms with van der Waals surface area (Å²) in [6.45, 7) is 1.54. The molecule has 5 nitrogen and oxygen atoms in total. The van der Waals surface area contributed by atoms with E-state index in [0.29, 0.717) is 4.47 Å². The van der Waals surface area contributed by atoms with Crippen molar-refractivity contribution in [1.82, 2.24) is 10.2 Å². The van der Waals surface area contributed by atoms with Crippen molar-refractivity contribution >= 4 is 27.9 Å². The molecule has 1 heterocycles. The van der Waals surface area contributed by atoms with Crippen LogP contribution in [-0.2, 0) is 16.1 Å². The first kappa shape index (κ1) is 14.9. The van der Waals surface area contributed by atoms with Gasteiger partial charge in [0.15, 0.2) is 0 Å². The summed E-state index contributed by atoms with van der Waals surface area (Å²) < 4.78 is 19.3. The lowest BCUT2D eigenvalue weighted by Crippen LogP contribution is -2.47. The fourth-order valence-corrected chi connectivity index (χ4v) is 2.43. The number of hydrogen-bond donors (Lipinski definition) is 1. The van der Waals surface area contributed by atoms with Crippen LogP contribution in [0.4, 0.5) is 9.18 Å². The van der Waals surface area contributed by atoms with Gasteiger partial charge in [-0.05, 0) is 19.1 Å². The Labute approximate surface area is 124 Å². The maximum absolute atomic E-state index is 13.8. The molecule has 2 rings (SSSR count). The van der Waals surface area contributed by atoms with Crippen LogP contribution >= 0.6 is 15.9 Å². The molecule has 0 unspecified atom stereocenters. The molecular weight excluding hydrogens is 331 g/mol. The van der Waals surface area contributed by atoms with Gasteiger partial charge in [-0.1, -0.05) is 22.0 Å². The first-order valence-electron chi connectivity index (χ1n) is 5.94. The fraction of sp³-hybridized carbons (Fsp3) is 0.385. The maximum atomic E-state index is 13.8. The Bertz CT molecular complexity index is 567. The van der Waals surface area contributed by atoms with E-state index in [9.17, 15) is 14.0 Å². The third-order valence-electron chi connectivity index (χ3n) is 3.12. The summed E-state index contributed by atoms with van der Waals surface area (Å²) in [6, 6.07) is 3.94. The molecule has 0 aliphatic carbocycles. The number of rotatable bonds is 4. The number of methoxy groups -OCH3 is 1. The van der Waals surface area contributed by atoms with Crippen molar-refractivity contribution in [1.29, 1.82) is 0 Å². The minimum Gasteiger partial charge on any atom is -0.382 e. The van der Waals surface area contributed by atoms with E-state index in [2.05, 4.69) is 21.2 Å². The van der Waals surface area contributed by atoms with E-state index in [1.54, 1.807) is 13.0 Å². The van der Waals surface area contributed by atoms with Gasteiger partial charge in [-0.25, -0.2) is 9.18 Å². The van der Waals surface area contributed by atoms with Crippen LogP contribution in [0.15, 0.2) is 22.7 Å². The number of carbonyl (C=O) groups excluding carboxylic acids is 2. The van der Waals surface area contributed by atoms with Crippen LogP contribution in [0.25, 0.3) is 0 Å². The Morgan fingerprint density at radius 1 is 1.45 bits per heavy atom. The van der Waals surface area contributed by atoms with E-state index in [4.69, 9.17) is 4.74 Å². The highest BCUT2D eigenvalue weighted by Crippen LogP contribution is 2.22. The summed E-state index contributed by atoms with van der Waals surface area (Å²) in [5, 5.41) is 2.56. The molecule has 20 heavy (non-hydrogen) atoms. The molecule has 1 aliphatic rings. The monoisotopic (exact) mass is 344 g/mol. The van der Waals surface area contributed by atoms with Gasteiger partial charge in [-0.3, -0.25) is 9.69 Å². The summed E-state index contributed by atoms with van der Waals surface area (Å²) in [6.07, 6.45) is 0. The highest BCUT2D eigenvalue weighted by molar-refractivity contribution is 9.10. The number of halogens is 2. The molecule has 1 atom stereocenters. The van der Waals surface area contributed by atoms with E-state index >= 15 is 0 Å². The van der Waals surface area contributed by atoms with Crippen LogP contribution in [0.3, 0.4) is 0 Å². The summed E-state index contributed by atoms with van der Waals surface area (Å²) in [4.78, 5) is 25.1. The summed E-state index contributed by atoms with van der Waals surface area (Å²) in [7, 11) is 1.45. The molecule has 3 amide bonds. The molecule has 1 aromatic rings. The zero-order valence-corrected chi connectivity index (χ0v) is 12.7. The number of imide groups is 1. The van der Waals surface area contributed by atoms with Gasteiger partial charge < -0.3 is 10.1 Å². The number of urea groups is 1. The molecule has 1 fully saturated rings. The Balaban J connectivity index is 2.21. The lowest BCUT2D eigenvalue weighted by Gasteiger charge is -2.20. The minimum absolute atomic E-state index is 0.0664. The summed E-state index contributed by atoms with van der Waals surface area (Å²) >= 11 is 3.15. The van der Waals surface area contributed by atoms with Crippen LogP contribution in [0, 0.1) is 5.82 Å². The Kier molecular flexibility index (Phi) is 4.10. The van der Waals surface area contributed by atoms with Crippen LogP contribution in [-0.4, -0.2) is 36.1 Å². The van der Waals surface area contributed by atoms with E-state index in [-0.39, 0.29) is 18.7 Å². The van der Waals surface area contributed by atoms with Gasteiger partial charge >= 0.3 is 6.03 Å². The molecule has 0 radical (unpaired) electrons. The quantitative estimate of drug-likeness (QED) is 0.850. The van der Waals surface area contributed by atoms with E-state index < -0.39 is 23.3 Å². The Hall–Kier alpha value is -1.47. The number of benzene rings is 1. The smallest absolute Gasteiger partial charge is 0.325 e. The van der Waals surface area contributed by atoms with Crippen molar-refractivity contribution in [3.63, 3.8) is 0 Å². The Morgan fingerprint density at radius 2 is 2.15 bits per heavy atom. The van der Waals surface area contributed by atoms with Crippen LogP contribution in [0.2, 0.25) is 0 Å². The predicted octanol–water partition coefficient (Wildman–Crippen LogP) is 2.05. The number of ether oxygens (including phenoxy) is 1. The van der Waals surface area contributed by atoms with Gasteiger partial charge in [-0.15, -0.1) is 0 Å². The number of carbonyl (C=O) groups is 2. The Morgan fingerprint density at radius 3 is 2.75 bits per heavy atom. The average molecular weight is 345 g/mol. The van der Waals surface area contributed by atoms with Crippen LogP contribution in [0.5, 0.6) is 0 Å². The lowest BCUT2D eigenvalue weighted by molar-refractivity contribution is -0.132. The number of hydrogen-bond acceptors (Lipinski definition) is 3. The second kappa shape index (κ2) is 5.49. The first-order valence-corrected chi connectivity index (χ1v) is 6.73. The third-order valence-corrected chi connectivity index (χ3v) is 3.61. The topological polar surface area (TPSA) is 58.6 Å². The van der Waals surface area contributed by atoms with Crippen molar-refractivity contribution < 1.29 is 18.7 Å². The molecule has 0 saturated carbocycles. The first-order chi connectivity index (χ1) is 9.37. The molecule has 1 aromatic carbocycles. The number of nitrogens with zero attached hydrogens (tertiary/aromatic N) is 1. The molecule has 1 N–H and O–H groups in total. The summed E-state index contributed by atoms with van der Waals surface area (Å²) in [5.41, 5.74) is -0.823. The largest absolute Gasteiger partial charge is 0.382 e.